The molecule has 3 heteroatoms. The Bertz CT molecular complexity index is 494. The number of hydrogen-bond acceptors (Lipinski definition) is 3. The lowest BCUT2D eigenvalue weighted by Gasteiger charge is -2.04. The predicted octanol–water partition coefficient (Wildman–Crippen LogP) is 4.40. The molecular formula is C15H14OS2. The Labute approximate surface area is 116 Å². The number of rotatable bonds is 5. The maximum atomic E-state index is 9.36. The summed E-state index contributed by atoms with van der Waals surface area (Å²) in [6.45, 7) is 0.0688. The molecular weight excluding hydrogens is 260 g/mol. The summed E-state index contributed by atoms with van der Waals surface area (Å²) < 4.78 is 0. The van der Waals surface area contributed by atoms with Gasteiger partial charge in [0, 0.05) is 14.7 Å². The van der Waals surface area contributed by atoms with Crippen LogP contribution in [0.3, 0.4) is 0 Å². The smallest absolute Gasteiger partial charge is 0.0749 e. The van der Waals surface area contributed by atoms with Crippen molar-refractivity contribution in [2.45, 2.75) is 9.79 Å². The summed E-state index contributed by atoms with van der Waals surface area (Å²) in [6, 6.07) is 20.2. The molecule has 0 heterocycles. The first-order valence-electron chi connectivity index (χ1n) is 5.63. The molecule has 0 atom stereocenters. The highest BCUT2D eigenvalue weighted by Gasteiger charge is 1.99. The molecule has 1 nitrogen and oxygen atoms in total. The van der Waals surface area contributed by atoms with Gasteiger partial charge in [-0.15, -0.1) is 0 Å². The molecule has 0 aliphatic carbocycles. The van der Waals surface area contributed by atoms with Crippen LogP contribution >= 0.6 is 23.5 Å². The van der Waals surface area contributed by atoms with E-state index in [4.69, 9.17) is 0 Å². The molecule has 2 aromatic rings. The Morgan fingerprint density at radius 1 is 0.889 bits per heavy atom. The van der Waals surface area contributed by atoms with Crippen LogP contribution in [0.25, 0.3) is 0 Å². The van der Waals surface area contributed by atoms with Crippen molar-refractivity contribution in [2.24, 2.45) is 0 Å². The molecule has 0 bridgehead atoms. The first-order valence-corrected chi connectivity index (χ1v) is 7.32. The van der Waals surface area contributed by atoms with Gasteiger partial charge in [0.05, 0.1) is 6.61 Å². The Morgan fingerprint density at radius 2 is 1.44 bits per heavy atom. The summed E-state index contributed by atoms with van der Waals surface area (Å²) in [5.74, 6) is 0. The van der Waals surface area contributed by atoms with Crippen molar-refractivity contribution in [1.29, 1.82) is 0 Å². The molecule has 92 valence electrons. The van der Waals surface area contributed by atoms with Gasteiger partial charge in [-0.3, -0.25) is 0 Å². The van der Waals surface area contributed by atoms with E-state index in [0.717, 1.165) is 9.80 Å². The van der Waals surface area contributed by atoms with E-state index < -0.39 is 0 Å². The Hall–Kier alpha value is -1.16. The van der Waals surface area contributed by atoms with E-state index in [0.29, 0.717) is 0 Å². The second-order valence-electron chi connectivity index (χ2n) is 3.59. The van der Waals surface area contributed by atoms with Crippen molar-refractivity contribution in [2.75, 3.05) is 6.61 Å². The van der Waals surface area contributed by atoms with Gasteiger partial charge in [-0.1, -0.05) is 59.9 Å². The summed E-state index contributed by atoms with van der Waals surface area (Å²) in [6.07, 6.45) is 0. The molecule has 0 spiro atoms. The third-order valence-corrected chi connectivity index (χ3v) is 4.33. The number of thioether (sulfide) groups is 2. The predicted molar refractivity (Wildman–Crippen MR) is 79.8 cm³/mol. The number of aliphatic hydroxyl groups is 1. The van der Waals surface area contributed by atoms with Gasteiger partial charge in [-0.05, 0) is 29.7 Å². The highest BCUT2D eigenvalue weighted by molar-refractivity contribution is 8.06. The number of benzene rings is 2. The van der Waals surface area contributed by atoms with E-state index in [1.807, 2.05) is 53.9 Å². The summed E-state index contributed by atoms with van der Waals surface area (Å²) in [5.41, 5.74) is 0. The molecule has 0 saturated carbocycles. The minimum absolute atomic E-state index is 0.0688. The van der Waals surface area contributed by atoms with Gasteiger partial charge in [0.2, 0.25) is 0 Å². The largest absolute Gasteiger partial charge is 0.391 e. The van der Waals surface area contributed by atoms with Crippen molar-refractivity contribution < 1.29 is 5.11 Å². The minimum Gasteiger partial charge on any atom is -0.391 e. The van der Waals surface area contributed by atoms with Gasteiger partial charge in [-0.25, -0.2) is 0 Å². The van der Waals surface area contributed by atoms with Crippen LogP contribution < -0.4 is 0 Å². The van der Waals surface area contributed by atoms with Gasteiger partial charge in [-0.2, -0.15) is 0 Å². The molecule has 0 amide bonds. The van der Waals surface area contributed by atoms with E-state index in [2.05, 4.69) is 12.1 Å². The first-order chi connectivity index (χ1) is 8.88. The maximum Gasteiger partial charge on any atom is 0.0749 e. The van der Waals surface area contributed by atoms with Crippen LogP contribution in [0.4, 0.5) is 0 Å². The molecule has 0 radical (unpaired) electrons. The molecule has 0 fully saturated rings. The molecule has 0 saturated heterocycles. The fourth-order valence-electron chi connectivity index (χ4n) is 1.37. The quantitative estimate of drug-likeness (QED) is 0.816. The fraction of sp³-hybridized carbons (Fsp3) is 0.0667. The lowest BCUT2D eigenvalue weighted by molar-refractivity contribution is 0.340. The van der Waals surface area contributed by atoms with Crippen LogP contribution in [-0.2, 0) is 0 Å². The van der Waals surface area contributed by atoms with Crippen LogP contribution in [-0.4, -0.2) is 11.7 Å². The van der Waals surface area contributed by atoms with Crippen molar-refractivity contribution in [3.8, 4) is 0 Å². The van der Waals surface area contributed by atoms with Crippen LogP contribution in [0, 0.1) is 0 Å². The topological polar surface area (TPSA) is 20.2 Å². The maximum absolute atomic E-state index is 9.36. The summed E-state index contributed by atoms with van der Waals surface area (Å²) in [4.78, 5) is 3.28. The second-order valence-corrected chi connectivity index (χ2v) is 5.73. The fourth-order valence-corrected chi connectivity index (χ4v) is 3.02. The molecule has 0 aromatic heterocycles. The van der Waals surface area contributed by atoms with E-state index in [-0.39, 0.29) is 6.61 Å². The zero-order valence-corrected chi connectivity index (χ0v) is 11.5. The third kappa shape index (κ3) is 4.26. The van der Waals surface area contributed by atoms with Gasteiger partial charge >= 0.3 is 0 Å². The highest BCUT2D eigenvalue weighted by Crippen LogP contribution is 2.30. The van der Waals surface area contributed by atoms with Gasteiger partial charge in [0.25, 0.3) is 0 Å². The standard InChI is InChI=1S/C15H14OS2/c16-11-15(18-14-9-5-2-6-10-14)12-17-13-7-3-1-4-8-13/h1-10,12,16H,11H2/b15-12-. The average molecular weight is 274 g/mol. The average Bonchev–Trinajstić information content (AvgIpc) is 2.45. The molecule has 0 unspecified atom stereocenters. The number of hydrogen-bond donors (Lipinski definition) is 1. The van der Waals surface area contributed by atoms with Crippen LogP contribution in [0.5, 0.6) is 0 Å². The zero-order chi connectivity index (χ0) is 12.6. The SMILES string of the molecule is OC/C(=C/Sc1ccccc1)Sc1ccccc1. The van der Waals surface area contributed by atoms with Gasteiger partial charge in [0.15, 0.2) is 0 Å². The van der Waals surface area contributed by atoms with Gasteiger partial charge in [0.1, 0.15) is 0 Å². The lowest BCUT2D eigenvalue weighted by atomic mass is 10.4. The van der Waals surface area contributed by atoms with E-state index >= 15 is 0 Å². The molecule has 2 rings (SSSR count). The summed E-state index contributed by atoms with van der Waals surface area (Å²) >= 11 is 3.23. The highest BCUT2D eigenvalue weighted by atomic mass is 32.2. The Balaban J connectivity index is 2.00. The lowest BCUT2D eigenvalue weighted by Crippen LogP contribution is -1.84. The van der Waals surface area contributed by atoms with Crippen LogP contribution in [0.15, 0.2) is 80.8 Å². The third-order valence-electron chi connectivity index (χ3n) is 2.22. The van der Waals surface area contributed by atoms with E-state index in [1.54, 1.807) is 23.5 Å². The zero-order valence-electron chi connectivity index (χ0n) is 9.82. The molecule has 1 N–H and O–H groups in total. The van der Waals surface area contributed by atoms with Crippen LogP contribution in [0.1, 0.15) is 0 Å². The summed E-state index contributed by atoms with van der Waals surface area (Å²) in [7, 11) is 0. The monoisotopic (exact) mass is 274 g/mol. The molecule has 0 aliphatic heterocycles. The molecule has 0 aliphatic rings. The second kappa shape index (κ2) is 7.31. The summed E-state index contributed by atoms with van der Waals surface area (Å²) in [5, 5.41) is 11.4. The van der Waals surface area contributed by atoms with Crippen molar-refractivity contribution in [3.05, 3.63) is 71.0 Å². The Morgan fingerprint density at radius 3 is 2.00 bits per heavy atom. The Kier molecular flexibility index (Phi) is 5.39. The van der Waals surface area contributed by atoms with E-state index in [9.17, 15) is 5.11 Å². The van der Waals surface area contributed by atoms with Gasteiger partial charge < -0.3 is 5.11 Å². The van der Waals surface area contributed by atoms with Crippen molar-refractivity contribution in [3.63, 3.8) is 0 Å². The number of aliphatic hydroxyl groups excluding tert-OH is 1. The molecule has 2 aromatic carbocycles. The minimum atomic E-state index is 0.0688. The first kappa shape index (κ1) is 13.3. The normalized spacial score (nSPS) is 11.5. The van der Waals surface area contributed by atoms with E-state index in [1.165, 1.54) is 4.90 Å². The van der Waals surface area contributed by atoms with Crippen molar-refractivity contribution in [1.82, 2.24) is 0 Å². The van der Waals surface area contributed by atoms with Crippen LogP contribution in [0.2, 0.25) is 0 Å². The molecule has 18 heavy (non-hydrogen) atoms. The van der Waals surface area contributed by atoms with Crippen molar-refractivity contribution >= 4 is 23.5 Å².